The molecule has 3 unspecified atom stereocenters. The maximum absolute atomic E-state index is 13.8. The molecule has 38 heavy (non-hydrogen) atoms. The molecule has 202 valence electrons. The van der Waals surface area contributed by atoms with Crippen molar-refractivity contribution in [1.82, 2.24) is 4.98 Å². The Morgan fingerprint density at radius 1 is 1.08 bits per heavy atom. The summed E-state index contributed by atoms with van der Waals surface area (Å²) in [4.78, 5) is 17.1. The van der Waals surface area contributed by atoms with Crippen LogP contribution in [-0.2, 0) is 18.4 Å². The van der Waals surface area contributed by atoms with Crippen molar-refractivity contribution in [2.24, 2.45) is 5.92 Å². The summed E-state index contributed by atoms with van der Waals surface area (Å²) >= 11 is 0. The molecule has 1 aliphatic rings. The third-order valence-corrected chi connectivity index (χ3v) is 7.79. The van der Waals surface area contributed by atoms with Crippen LogP contribution in [0.2, 0.25) is 0 Å². The molecule has 1 aliphatic carbocycles. The largest absolute Gasteiger partial charge is 0.417 e. The zero-order valence-electron chi connectivity index (χ0n) is 21.0. The standard InChI is InChI=1S/C29H31F3N2O4/c1-19-25(8-5-13-33-19)34-26(37)21-9-10-24(22(14-21)17-35)27(15-20-6-3-2-4-7-20)11-12-28(38,29(30,31)32)16-23(27)18-36/h2-10,13-14,23,35-36,38H,11-12,15-18H2,1H3,(H,34,37). The first kappa shape index (κ1) is 27.8. The summed E-state index contributed by atoms with van der Waals surface area (Å²) in [7, 11) is 0. The molecule has 0 bridgehead atoms. The fourth-order valence-corrected chi connectivity index (χ4v) is 5.64. The highest BCUT2D eigenvalue weighted by atomic mass is 19.4. The Morgan fingerprint density at radius 2 is 1.82 bits per heavy atom. The third-order valence-electron chi connectivity index (χ3n) is 7.79. The van der Waals surface area contributed by atoms with Gasteiger partial charge in [-0.15, -0.1) is 0 Å². The first-order valence-electron chi connectivity index (χ1n) is 12.4. The highest BCUT2D eigenvalue weighted by Gasteiger charge is 2.60. The topological polar surface area (TPSA) is 103 Å². The van der Waals surface area contributed by atoms with Gasteiger partial charge in [0.05, 0.1) is 18.0 Å². The second-order valence-corrected chi connectivity index (χ2v) is 10.1. The average Bonchev–Trinajstić information content (AvgIpc) is 2.90. The lowest BCUT2D eigenvalue weighted by Gasteiger charge is -2.50. The number of carbonyl (C=O) groups is 1. The number of aryl methyl sites for hydroxylation is 1. The van der Waals surface area contributed by atoms with Crippen molar-refractivity contribution in [2.45, 2.75) is 56.4 Å². The molecule has 4 N–H and O–H groups in total. The summed E-state index contributed by atoms with van der Waals surface area (Å²) in [6, 6.07) is 17.4. The Labute approximate surface area is 219 Å². The Balaban J connectivity index is 1.77. The van der Waals surface area contributed by atoms with Crippen LogP contribution in [0.1, 0.15) is 52.0 Å². The van der Waals surface area contributed by atoms with Crippen LogP contribution < -0.4 is 5.32 Å². The van der Waals surface area contributed by atoms with E-state index in [2.05, 4.69) is 10.3 Å². The van der Waals surface area contributed by atoms with Crippen LogP contribution in [0, 0.1) is 12.8 Å². The van der Waals surface area contributed by atoms with E-state index in [0.717, 1.165) is 5.56 Å². The Hall–Kier alpha value is -3.27. The number of hydrogen-bond acceptors (Lipinski definition) is 5. The number of amides is 1. The monoisotopic (exact) mass is 528 g/mol. The smallest absolute Gasteiger partial charge is 0.396 e. The average molecular weight is 529 g/mol. The number of aliphatic hydroxyl groups is 3. The number of alkyl halides is 3. The van der Waals surface area contributed by atoms with Crippen LogP contribution in [0.4, 0.5) is 18.9 Å². The number of benzene rings is 2. The van der Waals surface area contributed by atoms with Gasteiger partial charge in [0.1, 0.15) is 0 Å². The maximum atomic E-state index is 13.8. The van der Waals surface area contributed by atoms with E-state index >= 15 is 0 Å². The van der Waals surface area contributed by atoms with E-state index in [1.54, 1.807) is 37.4 Å². The molecule has 9 heteroatoms. The number of pyridine rings is 1. The van der Waals surface area contributed by atoms with Gasteiger partial charge in [0.15, 0.2) is 5.60 Å². The van der Waals surface area contributed by atoms with Gasteiger partial charge in [0, 0.05) is 23.8 Å². The van der Waals surface area contributed by atoms with Crippen LogP contribution in [0.25, 0.3) is 0 Å². The summed E-state index contributed by atoms with van der Waals surface area (Å²) in [5.41, 5.74) is -0.713. The van der Waals surface area contributed by atoms with Gasteiger partial charge in [0.2, 0.25) is 0 Å². The van der Waals surface area contributed by atoms with Crippen molar-refractivity contribution in [3.63, 3.8) is 0 Å². The van der Waals surface area contributed by atoms with Crippen molar-refractivity contribution < 1.29 is 33.3 Å². The lowest BCUT2D eigenvalue weighted by molar-refractivity contribution is -0.280. The number of aromatic nitrogens is 1. The van der Waals surface area contributed by atoms with Gasteiger partial charge in [0.25, 0.3) is 5.91 Å². The van der Waals surface area contributed by atoms with Crippen LogP contribution in [0.15, 0.2) is 66.9 Å². The van der Waals surface area contributed by atoms with E-state index in [9.17, 15) is 33.3 Å². The normalized spacial score (nSPS) is 23.7. The van der Waals surface area contributed by atoms with Gasteiger partial charge < -0.3 is 20.6 Å². The third kappa shape index (κ3) is 5.32. The number of anilines is 1. The van der Waals surface area contributed by atoms with E-state index in [4.69, 9.17) is 0 Å². The molecule has 1 aromatic heterocycles. The van der Waals surface area contributed by atoms with Crippen LogP contribution >= 0.6 is 0 Å². The predicted molar refractivity (Wildman–Crippen MR) is 137 cm³/mol. The minimum Gasteiger partial charge on any atom is -0.396 e. The molecule has 1 saturated carbocycles. The molecular formula is C29H31F3N2O4. The summed E-state index contributed by atoms with van der Waals surface area (Å²) in [6.07, 6.45) is -4.24. The van der Waals surface area contributed by atoms with E-state index in [0.29, 0.717) is 28.9 Å². The molecule has 6 nitrogen and oxygen atoms in total. The minimum absolute atomic E-state index is 0.0729. The number of aliphatic hydroxyl groups excluding tert-OH is 2. The van der Waals surface area contributed by atoms with Crippen molar-refractivity contribution >= 4 is 11.6 Å². The molecule has 0 saturated heterocycles. The quantitative estimate of drug-likeness (QED) is 0.356. The summed E-state index contributed by atoms with van der Waals surface area (Å²) in [5.74, 6) is -1.38. The minimum atomic E-state index is -4.84. The first-order chi connectivity index (χ1) is 18.0. The second-order valence-electron chi connectivity index (χ2n) is 10.1. The van der Waals surface area contributed by atoms with Gasteiger partial charge in [-0.1, -0.05) is 36.4 Å². The molecule has 1 heterocycles. The molecule has 0 radical (unpaired) electrons. The number of halogens is 3. The lowest BCUT2D eigenvalue weighted by atomic mass is 9.56. The number of nitrogens with one attached hydrogen (secondary N) is 1. The highest BCUT2D eigenvalue weighted by molar-refractivity contribution is 6.04. The maximum Gasteiger partial charge on any atom is 0.417 e. The van der Waals surface area contributed by atoms with E-state index < -0.39 is 55.1 Å². The van der Waals surface area contributed by atoms with Crippen LogP contribution in [0.3, 0.4) is 0 Å². The van der Waals surface area contributed by atoms with E-state index in [1.165, 1.54) is 6.07 Å². The Morgan fingerprint density at radius 3 is 2.45 bits per heavy atom. The molecule has 0 spiro atoms. The molecule has 1 amide bonds. The predicted octanol–water partition coefficient (Wildman–Crippen LogP) is 4.70. The van der Waals surface area contributed by atoms with Gasteiger partial charge in [-0.3, -0.25) is 9.78 Å². The summed E-state index contributed by atoms with van der Waals surface area (Å²) in [6.45, 7) is 0.713. The Bertz CT molecular complexity index is 1280. The lowest BCUT2D eigenvalue weighted by Crippen LogP contribution is -2.56. The SMILES string of the molecule is Cc1ncccc1NC(=O)c1ccc(C2(Cc3ccccc3)CCC(O)(C(F)(F)F)CC2CO)c(CO)c1. The molecule has 4 rings (SSSR count). The molecule has 3 atom stereocenters. The highest BCUT2D eigenvalue weighted by Crippen LogP contribution is 2.54. The molecule has 1 fully saturated rings. The zero-order chi connectivity index (χ0) is 27.6. The summed E-state index contributed by atoms with van der Waals surface area (Å²) in [5, 5.41) is 34.0. The molecule has 3 aromatic rings. The van der Waals surface area contributed by atoms with Gasteiger partial charge in [-0.25, -0.2) is 0 Å². The number of rotatable bonds is 7. The molecule has 2 aromatic carbocycles. The number of hydrogen-bond donors (Lipinski definition) is 4. The number of nitrogens with zero attached hydrogens (tertiary/aromatic N) is 1. The van der Waals surface area contributed by atoms with E-state index in [1.807, 2.05) is 30.3 Å². The zero-order valence-corrected chi connectivity index (χ0v) is 21.0. The Kier molecular flexibility index (Phi) is 7.92. The summed E-state index contributed by atoms with van der Waals surface area (Å²) < 4.78 is 41.4. The van der Waals surface area contributed by atoms with Crippen LogP contribution in [-0.4, -0.2) is 44.6 Å². The van der Waals surface area contributed by atoms with Crippen molar-refractivity contribution in [3.05, 3.63) is 94.8 Å². The second kappa shape index (κ2) is 10.8. The molecular weight excluding hydrogens is 497 g/mol. The van der Waals surface area contributed by atoms with Crippen molar-refractivity contribution in [3.8, 4) is 0 Å². The van der Waals surface area contributed by atoms with Crippen molar-refractivity contribution in [1.29, 1.82) is 0 Å². The van der Waals surface area contributed by atoms with Gasteiger partial charge >= 0.3 is 6.18 Å². The first-order valence-corrected chi connectivity index (χ1v) is 12.4. The van der Waals surface area contributed by atoms with Gasteiger partial charge in [-0.2, -0.15) is 13.2 Å². The fourth-order valence-electron chi connectivity index (χ4n) is 5.64. The van der Waals surface area contributed by atoms with E-state index in [-0.39, 0.29) is 12.0 Å². The van der Waals surface area contributed by atoms with Crippen LogP contribution in [0.5, 0.6) is 0 Å². The fraction of sp³-hybridized carbons (Fsp3) is 0.379. The van der Waals surface area contributed by atoms with Gasteiger partial charge in [-0.05, 0) is 79.5 Å². The van der Waals surface area contributed by atoms with Crippen molar-refractivity contribution in [2.75, 3.05) is 11.9 Å². The molecule has 0 aliphatic heterocycles. The number of carbonyl (C=O) groups excluding carboxylic acids is 1.